The van der Waals surface area contributed by atoms with E-state index in [2.05, 4.69) is 4.98 Å². The fourth-order valence-electron chi connectivity index (χ4n) is 2.85. The second-order valence-corrected chi connectivity index (χ2v) is 6.83. The normalized spacial score (nSPS) is 17.6. The van der Waals surface area contributed by atoms with E-state index >= 15 is 0 Å². The highest BCUT2D eigenvalue weighted by Gasteiger charge is 2.37. The van der Waals surface area contributed by atoms with Crippen LogP contribution in [0.5, 0.6) is 0 Å². The van der Waals surface area contributed by atoms with Crippen LogP contribution in [0.4, 0.5) is 13.2 Å². The van der Waals surface area contributed by atoms with E-state index in [1.54, 1.807) is 5.38 Å². The number of carbonyl (C=O) groups excluding carboxylic acids is 2. The molecule has 2 amide bonds. The van der Waals surface area contributed by atoms with Crippen molar-refractivity contribution in [1.29, 1.82) is 0 Å². The minimum absolute atomic E-state index is 0. The average Bonchev–Trinajstić information content (AvgIpc) is 3.07. The summed E-state index contributed by atoms with van der Waals surface area (Å²) in [6.07, 6.45) is -3.39. The zero-order valence-corrected chi connectivity index (χ0v) is 15.9. The lowest BCUT2D eigenvalue weighted by Crippen LogP contribution is -2.48. The molecule has 1 unspecified atom stereocenters. The van der Waals surface area contributed by atoms with Crippen LogP contribution in [0.15, 0.2) is 5.38 Å². The molecule has 2 heterocycles. The summed E-state index contributed by atoms with van der Waals surface area (Å²) in [5.74, 6) is -1.49. The van der Waals surface area contributed by atoms with E-state index in [0.29, 0.717) is 24.4 Å². The van der Waals surface area contributed by atoms with Gasteiger partial charge in [0, 0.05) is 31.6 Å². The summed E-state index contributed by atoms with van der Waals surface area (Å²) >= 11 is 1.28. The summed E-state index contributed by atoms with van der Waals surface area (Å²) in [6, 6.07) is 0. The van der Waals surface area contributed by atoms with Gasteiger partial charge in [0.15, 0.2) is 0 Å². The molecule has 26 heavy (non-hydrogen) atoms. The van der Waals surface area contributed by atoms with Crippen LogP contribution in [-0.4, -0.2) is 59.0 Å². The molecule has 1 aromatic heterocycles. The van der Waals surface area contributed by atoms with E-state index in [9.17, 15) is 22.8 Å². The van der Waals surface area contributed by atoms with Crippen LogP contribution in [0.3, 0.4) is 0 Å². The fraction of sp³-hybridized carbons (Fsp3) is 0.667. The van der Waals surface area contributed by atoms with Crippen LogP contribution in [0.2, 0.25) is 0 Å². The number of likely N-dealkylation sites (tertiary alicyclic amines) is 1. The molecule has 1 fully saturated rings. The lowest BCUT2D eigenvalue weighted by atomic mass is 9.96. The molecule has 0 saturated carbocycles. The van der Waals surface area contributed by atoms with E-state index in [1.807, 2.05) is 0 Å². The van der Waals surface area contributed by atoms with Crippen molar-refractivity contribution >= 4 is 35.6 Å². The Morgan fingerprint density at radius 3 is 2.69 bits per heavy atom. The molecular formula is C15H22ClF3N4O2S. The van der Waals surface area contributed by atoms with Gasteiger partial charge in [-0.1, -0.05) is 0 Å². The van der Waals surface area contributed by atoms with Crippen molar-refractivity contribution in [1.82, 2.24) is 14.8 Å². The average molecular weight is 415 g/mol. The van der Waals surface area contributed by atoms with Gasteiger partial charge in [0.2, 0.25) is 5.91 Å². The number of halogens is 4. The molecule has 1 aromatic rings. The Morgan fingerprint density at radius 2 is 2.15 bits per heavy atom. The molecule has 1 atom stereocenters. The number of alkyl halides is 3. The van der Waals surface area contributed by atoms with Crippen molar-refractivity contribution in [3.05, 3.63) is 16.1 Å². The molecule has 1 aliphatic heterocycles. The van der Waals surface area contributed by atoms with Gasteiger partial charge in [0.05, 0.1) is 5.92 Å². The molecule has 0 radical (unpaired) electrons. The van der Waals surface area contributed by atoms with E-state index in [0.717, 1.165) is 4.90 Å². The van der Waals surface area contributed by atoms with Crippen molar-refractivity contribution in [3.8, 4) is 0 Å². The van der Waals surface area contributed by atoms with Gasteiger partial charge in [-0.05, 0) is 19.8 Å². The lowest BCUT2D eigenvalue weighted by Gasteiger charge is -2.34. The molecule has 0 aliphatic carbocycles. The standard InChI is InChI=1S/C15H21F3N4O2S.ClH/c1-2-21(9-15(16,17)18)13(23)10-4-3-5-22(7-10)14(24)11-8-25-12(6-19)20-11;/h8,10H,2-7,9,19H2,1H3;1H. The maximum absolute atomic E-state index is 12.6. The summed E-state index contributed by atoms with van der Waals surface area (Å²) < 4.78 is 37.8. The first-order valence-corrected chi connectivity index (χ1v) is 8.92. The Kier molecular flexibility index (Phi) is 8.29. The monoisotopic (exact) mass is 414 g/mol. The molecule has 6 nitrogen and oxygen atoms in total. The van der Waals surface area contributed by atoms with Crippen molar-refractivity contribution < 1.29 is 22.8 Å². The SMILES string of the molecule is CCN(CC(F)(F)F)C(=O)C1CCCN(C(=O)c2csc(CN)n2)C1.Cl. The number of hydrogen-bond donors (Lipinski definition) is 1. The predicted octanol–water partition coefficient (Wildman–Crippen LogP) is 2.29. The van der Waals surface area contributed by atoms with Crippen LogP contribution in [0, 0.1) is 5.92 Å². The van der Waals surface area contributed by atoms with Gasteiger partial charge in [0.25, 0.3) is 5.91 Å². The second-order valence-electron chi connectivity index (χ2n) is 5.89. The van der Waals surface area contributed by atoms with Gasteiger partial charge in [-0.2, -0.15) is 13.2 Å². The molecule has 1 saturated heterocycles. The van der Waals surface area contributed by atoms with Crippen molar-refractivity contribution in [2.45, 2.75) is 32.5 Å². The lowest BCUT2D eigenvalue weighted by molar-refractivity contribution is -0.164. The van der Waals surface area contributed by atoms with E-state index in [-0.39, 0.29) is 43.6 Å². The number of carbonyl (C=O) groups is 2. The minimum atomic E-state index is -4.44. The highest BCUT2D eigenvalue weighted by atomic mass is 35.5. The fourth-order valence-corrected chi connectivity index (χ4v) is 3.50. The first kappa shape index (κ1) is 22.7. The molecule has 2 N–H and O–H groups in total. The van der Waals surface area contributed by atoms with Gasteiger partial charge in [0.1, 0.15) is 17.2 Å². The number of aromatic nitrogens is 1. The Morgan fingerprint density at radius 1 is 1.46 bits per heavy atom. The molecule has 2 rings (SSSR count). The van der Waals surface area contributed by atoms with Gasteiger partial charge in [-0.15, -0.1) is 23.7 Å². The molecule has 148 valence electrons. The maximum Gasteiger partial charge on any atom is 0.406 e. The summed E-state index contributed by atoms with van der Waals surface area (Å²) in [7, 11) is 0. The third-order valence-electron chi connectivity index (χ3n) is 4.07. The molecule has 1 aliphatic rings. The third-order valence-corrected chi connectivity index (χ3v) is 4.94. The van der Waals surface area contributed by atoms with Crippen LogP contribution in [0.25, 0.3) is 0 Å². The number of amides is 2. The van der Waals surface area contributed by atoms with E-state index in [1.165, 1.54) is 23.2 Å². The van der Waals surface area contributed by atoms with Gasteiger partial charge in [-0.3, -0.25) is 9.59 Å². The highest BCUT2D eigenvalue weighted by molar-refractivity contribution is 7.09. The largest absolute Gasteiger partial charge is 0.406 e. The van der Waals surface area contributed by atoms with Gasteiger partial charge < -0.3 is 15.5 Å². The van der Waals surface area contributed by atoms with Crippen LogP contribution >= 0.6 is 23.7 Å². The predicted molar refractivity (Wildman–Crippen MR) is 94.2 cm³/mol. The topological polar surface area (TPSA) is 79.5 Å². The Hall–Kier alpha value is -1.39. The highest BCUT2D eigenvalue weighted by Crippen LogP contribution is 2.23. The number of thiazole rings is 1. The second kappa shape index (κ2) is 9.52. The third kappa shape index (κ3) is 5.82. The van der Waals surface area contributed by atoms with Crippen LogP contribution in [-0.2, 0) is 11.3 Å². The molecule has 0 aromatic carbocycles. The summed E-state index contributed by atoms with van der Waals surface area (Å²) in [6.45, 7) is 1.04. The summed E-state index contributed by atoms with van der Waals surface area (Å²) in [4.78, 5) is 31.3. The van der Waals surface area contributed by atoms with E-state index in [4.69, 9.17) is 5.73 Å². The first-order valence-electron chi connectivity index (χ1n) is 8.04. The number of nitrogens with zero attached hydrogens (tertiary/aromatic N) is 3. The Labute approximate surface area is 159 Å². The van der Waals surface area contributed by atoms with E-state index < -0.39 is 24.5 Å². The Balaban J connectivity index is 0.00000338. The summed E-state index contributed by atoms with van der Waals surface area (Å²) in [5.41, 5.74) is 5.75. The van der Waals surface area contributed by atoms with Crippen molar-refractivity contribution in [2.75, 3.05) is 26.2 Å². The summed E-state index contributed by atoms with van der Waals surface area (Å²) in [5, 5.41) is 2.24. The quantitative estimate of drug-likeness (QED) is 0.801. The van der Waals surface area contributed by atoms with Crippen LogP contribution < -0.4 is 5.73 Å². The number of hydrogen-bond acceptors (Lipinski definition) is 5. The maximum atomic E-state index is 12.6. The Bertz CT molecular complexity index is 626. The van der Waals surface area contributed by atoms with Gasteiger partial charge in [-0.25, -0.2) is 4.98 Å². The first-order chi connectivity index (χ1) is 11.7. The number of nitrogens with two attached hydrogens (primary N) is 1. The molecule has 11 heteroatoms. The molecule has 0 spiro atoms. The van der Waals surface area contributed by atoms with Crippen molar-refractivity contribution in [3.63, 3.8) is 0 Å². The number of rotatable bonds is 5. The van der Waals surface area contributed by atoms with Crippen molar-refractivity contribution in [2.24, 2.45) is 11.7 Å². The van der Waals surface area contributed by atoms with Gasteiger partial charge >= 0.3 is 6.18 Å². The van der Waals surface area contributed by atoms with Crippen LogP contribution in [0.1, 0.15) is 35.3 Å². The smallest absolute Gasteiger partial charge is 0.336 e. The number of piperidine rings is 1. The molecular weight excluding hydrogens is 393 g/mol. The minimum Gasteiger partial charge on any atom is -0.336 e. The zero-order valence-electron chi connectivity index (χ0n) is 14.3. The molecule has 0 bridgehead atoms. The zero-order chi connectivity index (χ0) is 18.6.